The molecule has 1 saturated heterocycles. The topological polar surface area (TPSA) is 56.0 Å². The number of aromatic nitrogens is 4. The van der Waals surface area contributed by atoms with Gasteiger partial charge in [0.1, 0.15) is 5.52 Å². The maximum atomic E-state index is 12.5. The van der Waals surface area contributed by atoms with E-state index in [1.54, 1.807) is 28.8 Å². The molecular formula is C19H23N5O. The second-order valence-electron chi connectivity index (χ2n) is 6.92. The van der Waals surface area contributed by atoms with E-state index < -0.39 is 0 Å². The van der Waals surface area contributed by atoms with Crippen LogP contribution in [-0.4, -0.2) is 43.9 Å². The van der Waals surface area contributed by atoms with Gasteiger partial charge in [-0.3, -0.25) is 14.0 Å². The summed E-state index contributed by atoms with van der Waals surface area (Å²) < 4.78 is 3.31. The number of aryl methyl sites for hydroxylation is 2. The highest BCUT2D eigenvalue weighted by molar-refractivity contribution is 5.71. The third-order valence-corrected chi connectivity index (χ3v) is 5.17. The summed E-state index contributed by atoms with van der Waals surface area (Å²) in [5, 5.41) is 4.22. The van der Waals surface area contributed by atoms with Crippen LogP contribution >= 0.6 is 0 Å². The van der Waals surface area contributed by atoms with Crippen molar-refractivity contribution in [3.8, 4) is 0 Å². The quantitative estimate of drug-likeness (QED) is 0.730. The molecule has 1 aliphatic heterocycles. The summed E-state index contributed by atoms with van der Waals surface area (Å²) in [5.41, 5.74) is 3.88. The number of hydrogen-bond donors (Lipinski definition) is 0. The van der Waals surface area contributed by atoms with Crippen LogP contribution in [0.3, 0.4) is 0 Å². The Hall–Kier alpha value is -2.47. The first-order valence-electron chi connectivity index (χ1n) is 8.78. The second-order valence-corrected chi connectivity index (χ2v) is 6.92. The number of fused-ring (bicyclic) bond motifs is 1. The zero-order chi connectivity index (χ0) is 17.4. The molecule has 3 heterocycles. The highest BCUT2D eigenvalue weighted by Gasteiger charge is 2.24. The van der Waals surface area contributed by atoms with Crippen molar-refractivity contribution in [1.82, 2.24) is 24.2 Å². The minimum absolute atomic E-state index is 0.0553. The van der Waals surface area contributed by atoms with Gasteiger partial charge in [0.25, 0.3) is 5.56 Å². The molecule has 4 rings (SSSR count). The fraction of sp³-hybridized carbons (Fsp3) is 0.421. The molecule has 130 valence electrons. The van der Waals surface area contributed by atoms with Crippen molar-refractivity contribution in [2.24, 2.45) is 7.05 Å². The summed E-state index contributed by atoms with van der Waals surface area (Å²) in [7, 11) is 1.81. The van der Waals surface area contributed by atoms with Crippen LogP contribution in [0.4, 0.5) is 0 Å². The third-order valence-electron chi connectivity index (χ3n) is 5.17. The summed E-state index contributed by atoms with van der Waals surface area (Å²) in [4.78, 5) is 19.3. The van der Waals surface area contributed by atoms with E-state index in [1.165, 1.54) is 17.5 Å². The van der Waals surface area contributed by atoms with Crippen molar-refractivity contribution < 1.29 is 0 Å². The molecule has 6 heteroatoms. The third kappa shape index (κ3) is 3.09. The normalized spacial score (nSPS) is 18.2. The van der Waals surface area contributed by atoms with Gasteiger partial charge in [-0.25, -0.2) is 4.98 Å². The molecule has 0 saturated carbocycles. The zero-order valence-corrected chi connectivity index (χ0v) is 14.7. The minimum Gasteiger partial charge on any atom is -0.301 e. The number of benzene rings is 1. The monoisotopic (exact) mass is 337 g/mol. The van der Waals surface area contributed by atoms with Gasteiger partial charge >= 0.3 is 0 Å². The van der Waals surface area contributed by atoms with Gasteiger partial charge in [-0.15, -0.1) is 0 Å². The molecule has 1 atom stereocenters. The average molecular weight is 337 g/mol. The lowest BCUT2D eigenvalue weighted by atomic mass is 9.94. The van der Waals surface area contributed by atoms with E-state index in [1.807, 2.05) is 0 Å². The summed E-state index contributed by atoms with van der Waals surface area (Å²) in [5.74, 6) is 0.592. The molecule has 0 N–H and O–H groups in total. The molecule has 0 amide bonds. The maximum absolute atomic E-state index is 12.5. The van der Waals surface area contributed by atoms with Crippen LogP contribution in [-0.2, 0) is 13.6 Å². The molecule has 25 heavy (non-hydrogen) atoms. The van der Waals surface area contributed by atoms with Gasteiger partial charge in [0.05, 0.1) is 12.5 Å². The fourth-order valence-electron chi connectivity index (χ4n) is 3.79. The molecule has 0 bridgehead atoms. The van der Waals surface area contributed by atoms with Crippen molar-refractivity contribution >= 4 is 11.0 Å². The summed E-state index contributed by atoms with van der Waals surface area (Å²) >= 11 is 0. The zero-order valence-electron chi connectivity index (χ0n) is 14.7. The first-order chi connectivity index (χ1) is 12.1. The van der Waals surface area contributed by atoms with Crippen LogP contribution in [0.5, 0.6) is 0 Å². The molecule has 0 radical (unpaired) electrons. The Bertz CT molecular complexity index is 958. The van der Waals surface area contributed by atoms with Gasteiger partial charge < -0.3 is 4.90 Å². The van der Waals surface area contributed by atoms with Crippen molar-refractivity contribution in [3.63, 3.8) is 0 Å². The largest absolute Gasteiger partial charge is 0.301 e. The predicted molar refractivity (Wildman–Crippen MR) is 97.7 cm³/mol. The lowest BCUT2D eigenvalue weighted by Gasteiger charge is -2.17. The summed E-state index contributed by atoms with van der Waals surface area (Å²) in [6.07, 6.45) is 4.59. The van der Waals surface area contributed by atoms with E-state index in [0.717, 1.165) is 19.6 Å². The van der Waals surface area contributed by atoms with Gasteiger partial charge in [-0.05, 0) is 36.9 Å². The van der Waals surface area contributed by atoms with Crippen molar-refractivity contribution in [2.75, 3.05) is 19.6 Å². The number of rotatable bonds is 4. The number of nitrogens with zero attached hydrogens (tertiary/aromatic N) is 5. The Labute approximate surface area is 146 Å². The Kier molecular flexibility index (Phi) is 4.13. The summed E-state index contributed by atoms with van der Waals surface area (Å²) in [6.45, 7) is 5.83. The van der Waals surface area contributed by atoms with Crippen molar-refractivity contribution in [1.29, 1.82) is 0 Å². The van der Waals surface area contributed by atoms with Gasteiger partial charge in [0, 0.05) is 26.7 Å². The van der Waals surface area contributed by atoms with Crippen LogP contribution in [0.2, 0.25) is 0 Å². The molecule has 2 aromatic heterocycles. The molecule has 0 unspecified atom stereocenters. The highest BCUT2D eigenvalue weighted by atomic mass is 16.1. The molecule has 6 nitrogen and oxygen atoms in total. The molecular weight excluding hydrogens is 314 g/mol. The van der Waals surface area contributed by atoms with Crippen molar-refractivity contribution in [3.05, 3.63) is 58.3 Å². The van der Waals surface area contributed by atoms with Crippen LogP contribution < -0.4 is 5.56 Å². The Morgan fingerprint density at radius 1 is 1.24 bits per heavy atom. The SMILES string of the molecule is Cc1ccccc1[C@@H]1CCN(CCn2cnc3cn(C)nc3c2=O)C1. The fourth-order valence-corrected chi connectivity index (χ4v) is 3.79. The van der Waals surface area contributed by atoms with E-state index in [-0.39, 0.29) is 5.56 Å². The van der Waals surface area contributed by atoms with Gasteiger partial charge in [-0.1, -0.05) is 24.3 Å². The van der Waals surface area contributed by atoms with E-state index in [0.29, 0.717) is 23.5 Å². The lowest BCUT2D eigenvalue weighted by molar-refractivity contribution is 0.316. The molecule has 1 fully saturated rings. The Morgan fingerprint density at radius 2 is 2.08 bits per heavy atom. The smallest absolute Gasteiger partial charge is 0.281 e. The molecule has 1 aromatic carbocycles. The van der Waals surface area contributed by atoms with E-state index in [4.69, 9.17) is 0 Å². The van der Waals surface area contributed by atoms with E-state index in [2.05, 4.69) is 46.2 Å². The van der Waals surface area contributed by atoms with Gasteiger partial charge in [-0.2, -0.15) is 5.10 Å². The number of hydrogen-bond acceptors (Lipinski definition) is 4. The van der Waals surface area contributed by atoms with Crippen LogP contribution in [0.25, 0.3) is 11.0 Å². The lowest BCUT2D eigenvalue weighted by Crippen LogP contribution is -2.30. The Balaban J connectivity index is 1.43. The Morgan fingerprint density at radius 3 is 2.92 bits per heavy atom. The molecule has 0 aliphatic carbocycles. The summed E-state index contributed by atoms with van der Waals surface area (Å²) in [6, 6.07) is 8.65. The molecule has 3 aromatic rings. The van der Waals surface area contributed by atoms with Crippen LogP contribution in [0.1, 0.15) is 23.5 Å². The maximum Gasteiger partial charge on any atom is 0.281 e. The van der Waals surface area contributed by atoms with E-state index >= 15 is 0 Å². The van der Waals surface area contributed by atoms with Crippen LogP contribution in [0.15, 0.2) is 41.6 Å². The van der Waals surface area contributed by atoms with Gasteiger partial charge in [0.2, 0.25) is 0 Å². The average Bonchev–Trinajstić information content (AvgIpc) is 3.21. The van der Waals surface area contributed by atoms with Crippen LogP contribution in [0, 0.1) is 6.92 Å². The molecule has 0 spiro atoms. The number of likely N-dealkylation sites (tertiary alicyclic amines) is 1. The first kappa shape index (κ1) is 16.0. The highest BCUT2D eigenvalue weighted by Crippen LogP contribution is 2.29. The minimum atomic E-state index is -0.0553. The van der Waals surface area contributed by atoms with Crippen molar-refractivity contribution in [2.45, 2.75) is 25.8 Å². The predicted octanol–water partition coefficient (Wildman–Crippen LogP) is 1.93. The van der Waals surface area contributed by atoms with E-state index in [9.17, 15) is 4.79 Å². The molecule has 1 aliphatic rings. The van der Waals surface area contributed by atoms with Gasteiger partial charge in [0.15, 0.2) is 5.52 Å². The second kappa shape index (κ2) is 6.44. The standard InChI is InChI=1S/C19H23N5O/c1-14-5-3-4-6-16(14)15-7-8-23(11-15)9-10-24-13-20-17-12-22(2)21-18(17)19(24)25/h3-6,12-13,15H,7-11H2,1-2H3/t15-/m1/s1. The first-order valence-corrected chi connectivity index (χ1v) is 8.78.